The van der Waals surface area contributed by atoms with Gasteiger partial charge in [-0.25, -0.2) is 9.67 Å². The van der Waals surface area contributed by atoms with Crippen molar-refractivity contribution in [3.63, 3.8) is 0 Å². The van der Waals surface area contributed by atoms with Crippen LogP contribution in [0.4, 0.5) is 13.2 Å². The summed E-state index contributed by atoms with van der Waals surface area (Å²) in [6.07, 6.45) is -2.14. The minimum atomic E-state index is -4.52. The van der Waals surface area contributed by atoms with E-state index in [1.165, 1.54) is 18.3 Å². The predicted octanol–water partition coefficient (Wildman–Crippen LogP) is 4.13. The zero-order valence-electron chi connectivity index (χ0n) is 17.2. The molecule has 0 saturated heterocycles. The highest BCUT2D eigenvalue weighted by Gasteiger charge is 2.30. The molecule has 0 aliphatic heterocycles. The highest BCUT2D eigenvalue weighted by Crippen LogP contribution is 2.30. The van der Waals surface area contributed by atoms with E-state index >= 15 is 0 Å². The Hall–Kier alpha value is -3.66. The fourth-order valence-corrected chi connectivity index (χ4v) is 3.71. The van der Waals surface area contributed by atoms with Crippen LogP contribution >= 0.6 is 11.6 Å². The molecule has 7 nitrogen and oxygen atoms in total. The number of fused-ring (bicyclic) bond motifs is 1. The van der Waals surface area contributed by atoms with Crippen molar-refractivity contribution in [2.45, 2.75) is 25.7 Å². The molecule has 1 unspecified atom stereocenters. The molecule has 0 bridgehead atoms. The van der Waals surface area contributed by atoms with Crippen LogP contribution in [-0.4, -0.2) is 25.2 Å². The quantitative estimate of drug-likeness (QED) is 0.470. The molecule has 0 spiro atoms. The van der Waals surface area contributed by atoms with Gasteiger partial charge in [-0.15, -0.1) is 0 Å². The van der Waals surface area contributed by atoms with Crippen molar-refractivity contribution in [3.05, 3.63) is 87.6 Å². The minimum Gasteiger partial charge on any atom is -0.348 e. The lowest BCUT2D eigenvalue weighted by molar-refractivity contribution is -0.137. The number of hydrogen-bond acceptors (Lipinski definition) is 4. The van der Waals surface area contributed by atoms with Gasteiger partial charge < -0.3 is 5.32 Å². The lowest BCUT2D eigenvalue weighted by Gasteiger charge is -2.16. The van der Waals surface area contributed by atoms with Crippen LogP contribution in [-0.2, 0) is 17.5 Å². The second kappa shape index (κ2) is 8.70. The van der Waals surface area contributed by atoms with E-state index < -0.39 is 23.2 Å². The largest absolute Gasteiger partial charge is 0.416 e. The molecule has 2 aromatic heterocycles. The summed E-state index contributed by atoms with van der Waals surface area (Å²) in [7, 11) is 0. The topological polar surface area (TPSA) is 81.8 Å². The monoisotopic (exact) mass is 475 g/mol. The van der Waals surface area contributed by atoms with E-state index in [1.54, 1.807) is 31.2 Å². The van der Waals surface area contributed by atoms with E-state index in [0.29, 0.717) is 5.02 Å². The normalized spacial score (nSPS) is 12.6. The number of amides is 1. The molecule has 4 rings (SSSR count). The maximum absolute atomic E-state index is 13.0. The Kier molecular flexibility index (Phi) is 5.94. The van der Waals surface area contributed by atoms with Crippen LogP contribution in [0.5, 0.6) is 0 Å². The molecule has 2 aromatic carbocycles. The Morgan fingerprint density at radius 3 is 2.67 bits per heavy atom. The maximum atomic E-state index is 13.0. The van der Waals surface area contributed by atoms with Gasteiger partial charge in [-0.3, -0.25) is 14.2 Å². The van der Waals surface area contributed by atoms with Crippen molar-refractivity contribution in [2.24, 2.45) is 0 Å². The van der Waals surface area contributed by atoms with Gasteiger partial charge in [-0.05, 0) is 36.8 Å². The first-order valence-electron chi connectivity index (χ1n) is 9.80. The molecule has 11 heteroatoms. The van der Waals surface area contributed by atoms with Crippen molar-refractivity contribution in [3.8, 4) is 5.69 Å². The van der Waals surface area contributed by atoms with Gasteiger partial charge in [0.25, 0.3) is 5.56 Å². The summed E-state index contributed by atoms with van der Waals surface area (Å²) in [5.74, 6) is -0.434. The highest BCUT2D eigenvalue weighted by atomic mass is 35.5. The second-order valence-corrected chi connectivity index (χ2v) is 7.74. The summed E-state index contributed by atoms with van der Waals surface area (Å²) in [6.45, 7) is 1.47. The molecule has 33 heavy (non-hydrogen) atoms. The van der Waals surface area contributed by atoms with Crippen LogP contribution in [0, 0.1) is 0 Å². The summed E-state index contributed by atoms with van der Waals surface area (Å²) in [6, 6.07) is 11.2. The first-order chi connectivity index (χ1) is 15.6. The van der Waals surface area contributed by atoms with E-state index in [-0.39, 0.29) is 29.3 Å². The number of nitrogens with zero attached hydrogens (tertiary/aromatic N) is 4. The number of aromatic nitrogens is 4. The van der Waals surface area contributed by atoms with Gasteiger partial charge in [0.15, 0.2) is 5.65 Å². The van der Waals surface area contributed by atoms with Crippen molar-refractivity contribution in [2.75, 3.05) is 0 Å². The SMILES string of the molecule is CC(NC(=O)Cn1cnc2c(cnn2-c2cccc(C(F)(F)F)c2)c1=O)c1ccccc1Cl. The van der Waals surface area contributed by atoms with Crippen molar-refractivity contribution >= 4 is 28.5 Å². The summed E-state index contributed by atoms with van der Waals surface area (Å²) in [5, 5.41) is 7.38. The molecule has 4 aromatic rings. The Bertz CT molecular complexity index is 1400. The summed E-state index contributed by atoms with van der Waals surface area (Å²) < 4.78 is 41.4. The number of halogens is 4. The number of carbonyl (C=O) groups is 1. The molecular weight excluding hydrogens is 459 g/mol. The fraction of sp³-hybridized carbons (Fsp3) is 0.182. The zero-order chi connectivity index (χ0) is 23.8. The van der Waals surface area contributed by atoms with Crippen LogP contribution in [0.2, 0.25) is 5.02 Å². The number of carbonyl (C=O) groups excluding carboxylic acids is 1. The van der Waals surface area contributed by atoms with E-state index in [9.17, 15) is 22.8 Å². The van der Waals surface area contributed by atoms with Crippen LogP contribution in [0.25, 0.3) is 16.7 Å². The maximum Gasteiger partial charge on any atom is 0.416 e. The van der Waals surface area contributed by atoms with Gasteiger partial charge in [0.2, 0.25) is 5.91 Å². The first-order valence-corrected chi connectivity index (χ1v) is 10.2. The molecule has 1 amide bonds. The lowest BCUT2D eigenvalue weighted by Crippen LogP contribution is -2.34. The van der Waals surface area contributed by atoms with Gasteiger partial charge in [-0.1, -0.05) is 35.9 Å². The number of nitrogens with one attached hydrogen (secondary N) is 1. The van der Waals surface area contributed by atoms with E-state index in [4.69, 9.17) is 11.6 Å². The van der Waals surface area contributed by atoms with E-state index in [2.05, 4.69) is 15.4 Å². The standard InChI is InChI=1S/C22H17ClF3N5O2/c1-13(16-7-2-3-8-18(16)23)29-19(32)11-30-12-27-20-17(21(30)33)10-28-31(20)15-6-4-5-14(9-15)22(24,25)26/h2-10,12-13H,11H2,1H3,(H,29,32). The summed E-state index contributed by atoms with van der Waals surface area (Å²) in [4.78, 5) is 29.5. The average molecular weight is 476 g/mol. The number of alkyl halides is 3. The van der Waals surface area contributed by atoms with Crippen LogP contribution in [0.1, 0.15) is 24.1 Å². The van der Waals surface area contributed by atoms with Gasteiger partial charge >= 0.3 is 6.18 Å². The molecule has 1 atom stereocenters. The fourth-order valence-electron chi connectivity index (χ4n) is 3.41. The molecule has 1 N–H and O–H groups in total. The van der Waals surface area contributed by atoms with E-state index in [1.807, 2.05) is 0 Å². The molecule has 0 aliphatic rings. The number of hydrogen-bond donors (Lipinski definition) is 1. The Labute approximate surface area is 190 Å². The molecular formula is C22H17ClF3N5O2. The molecule has 170 valence electrons. The summed E-state index contributed by atoms with van der Waals surface area (Å²) >= 11 is 6.15. The summed E-state index contributed by atoms with van der Waals surface area (Å²) in [5.41, 5.74) is -0.466. The van der Waals surface area contributed by atoms with Crippen LogP contribution < -0.4 is 10.9 Å². The molecule has 0 saturated carbocycles. The van der Waals surface area contributed by atoms with Crippen molar-refractivity contribution in [1.29, 1.82) is 0 Å². The van der Waals surface area contributed by atoms with Crippen LogP contribution in [0.15, 0.2) is 65.8 Å². The Morgan fingerprint density at radius 2 is 1.94 bits per heavy atom. The third-order valence-electron chi connectivity index (χ3n) is 5.04. The van der Waals surface area contributed by atoms with Crippen LogP contribution in [0.3, 0.4) is 0 Å². The molecule has 2 heterocycles. The van der Waals surface area contributed by atoms with Crippen molar-refractivity contribution < 1.29 is 18.0 Å². The third kappa shape index (κ3) is 4.61. The molecule has 0 fully saturated rings. The molecule has 0 aliphatic carbocycles. The third-order valence-corrected chi connectivity index (χ3v) is 5.38. The highest BCUT2D eigenvalue weighted by molar-refractivity contribution is 6.31. The van der Waals surface area contributed by atoms with E-state index in [0.717, 1.165) is 33.3 Å². The Balaban J connectivity index is 1.58. The van der Waals surface area contributed by atoms with Gasteiger partial charge in [0.05, 0.1) is 23.5 Å². The Morgan fingerprint density at radius 1 is 1.18 bits per heavy atom. The first kappa shape index (κ1) is 22.5. The lowest BCUT2D eigenvalue weighted by atomic mass is 10.1. The smallest absolute Gasteiger partial charge is 0.348 e. The van der Waals surface area contributed by atoms with Gasteiger partial charge in [-0.2, -0.15) is 18.3 Å². The average Bonchev–Trinajstić information content (AvgIpc) is 3.20. The number of benzene rings is 2. The van der Waals surface area contributed by atoms with Crippen molar-refractivity contribution in [1.82, 2.24) is 24.6 Å². The number of rotatable bonds is 5. The minimum absolute atomic E-state index is 0.0712. The molecule has 0 radical (unpaired) electrons. The van der Waals surface area contributed by atoms with Gasteiger partial charge in [0.1, 0.15) is 18.3 Å². The predicted molar refractivity (Wildman–Crippen MR) is 116 cm³/mol. The second-order valence-electron chi connectivity index (χ2n) is 7.33. The zero-order valence-corrected chi connectivity index (χ0v) is 17.9. The van der Waals surface area contributed by atoms with Gasteiger partial charge in [0, 0.05) is 5.02 Å².